The molecule has 4 atom stereocenters. The van der Waals surface area contributed by atoms with Gasteiger partial charge in [-0.25, -0.2) is 0 Å². The molecule has 8 nitrogen and oxygen atoms in total. The van der Waals surface area contributed by atoms with E-state index in [1.165, 1.54) is 4.90 Å². The van der Waals surface area contributed by atoms with Crippen molar-refractivity contribution in [3.8, 4) is 0 Å². The maximum Gasteiger partial charge on any atom is 0.233 e. The molecule has 164 valence electrons. The quantitative estimate of drug-likeness (QED) is 0.144. The van der Waals surface area contributed by atoms with Gasteiger partial charge in [-0.1, -0.05) is 12.2 Å². The second-order valence-electron chi connectivity index (χ2n) is 7.81. The molecule has 29 heavy (non-hydrogen) atoms. The topological polar surface area (TPSA) is 86.3 Å². The van der Waals surface area contributed by atoms with Gasteiger partial charge in [-0.05, 0) is 32.2 Å². The van der Waals surface area contributed by atoms with Gasteiger partial charge in [0.15, 0.2) is 5.96 Å². The molecule has 2 aliphatic carbocycles. The van der Waals surface area contributed by atoms with Gasteiger partial charge in [0.05, 0.1) is 25.0 Å². The van der Waals surface area contributed by atoms with Crippen LogP contribution in [0.15, 0.2) is 17.1 Å². The molecule has 1 saturated carbocycles. The zero-order valence-electron chi connectivity index (χ0n) is 17.6. The number of carbonyl (C=O) groups excluding carboxylic acids is 2. The Bertz CT molecular complexity index is 612. The second-order valence-corrected chi connectivity index (χ2v) is 7.81. The van der Waals surface area contributed by atoms with Gasteiger partial charge in [-0.15, -0.1) is 24.0 Å². The fourth-order valence-electron chi connectivity index (χ4n) is 4.50. The van der Waals surface area contributed by atoms with Crippen molar-refractivity contribution in [2.75, 3.05) is 60.0 Å². The summed E-state index contributed by atoms with van der Waals surface area (Å²) in [6.07, 6.45) is 5.21. The largest absolute Gasteiger partial charge is 0.383 e. The van der Waals surface area contributed by atoms with Crippen LogP contribution in [0.4, 0.5) is 0 Å². The molecule has 3 rings (SSSR count). The van der Waals surface area contributed by atoms with Crippen LogP contribution in [0.25, 0.3) is 0 Å². The fourth-order valence-corrected chi connectivity index (χ4v) is 4.50. The van der Waals surface area contributed by atoms with E-state index in [0.29, 0.717) is 32.2 Å². The highest BCUT2D eigenvalue weighted by Crippen LogP contribution is 2.52. The lowest BCUT2D eigenvalue weighted by atomic mass is 9.85. The minimum Gasteiger partial charge on any atom is -0.383 e. The summed E-state index contributed by atoms with van der Waals surface area (Å²) in [7, 11) is 3.74. The summed E-state index contributed by atoms with van der Waals surface area (Å²) in [5, 5.41) is 6.45. The van der Waals surface area contributed by atoms with Crippen LogP contribution in [0, 0.1) is 23.7 Å². The zero-order valence-corrected chi connectivity index (χ0v) is 19.9. The number of likely N-dealkylation sites (N-methyl/N-ethyl adjacent to an activating group) is 1. The van der Waals surface area contributed by atoms with Gasteiger partial charge in [-0.3, -0.25) is 19.5 Å². The molecule has 4 unspecified atom stereocenters. The second kappa shape index (κ2) is 11.3. The number of ether oxygens (including phenoxy) is 1. The molecular formula is C20H34IN5O3. The Morgan fingerprint density at radius 2 is 1.86 bits per heavy atom. The molecule has 1 aliphatic heterocycles. The summed E-state index contributed by atoms with van der Waals surface area (Å²) < 4.78 is 5.08. The summed E-state index contributed by atoms with van der Waals surface area (Å²) >= 11 is 0. The van der Waals surface area contributed by atoms with E-state index in [2.05, 4.69) is 32.7 Å². The zero-order chi connectivity index (χ0) is 20.1. The molecule has 2 bridgehead atoms. The van der Waals surface area contributed by atoms with E-state index in [1.54, 1.807) is 7.11 Å². The number of hydrogen-bond donors (Lipinski definition) is 2. The Kier molecular flexibility index (Phi) is 9.35. The highest BCUT2D eigenvalue weighted by molar-refractivity contribution is 14.0. The van der Waals surface area contributed by atoms with Crippen LogP contribution in [0.5, 0.6) is 0 Å². The Morgan fingerprint density at radius 1 is 1.21 bits per heavy atom. The van der Waals surface area contributed by atoms with Crippen LogP contribution in [-0.2, 0) is 14.3 Å². The number of guanidine groups is 1. The third-order valence-electron chi connectivity index (χ3n) is 5.96. The lowest BCUT2D eigenvalue weighted by Crippen LogP contribution is -2.44. The number of rotatable bonds is 10. The summed E-state index contributed by atoms with van der Waals surface area (Å²) in [5.41, 5.74) is 0. The van der Waals surface area contributed by atoms with Crippen LogP contribution in [0.1, 0.15) is 13.3 Å². The molecule has 9 heteroatoms. The van der Waals surface area contributed by atoms with Crippen LogP contribution in [0.2, 0.25) is 0 Å². The lowest BCUT2D eigenvalue weighted by molar-refractivity contribution is -0.140. The van der Waals surface area contributed by atoms with E-state index < -0.39 is 0 Å². The smallest absolute Gasteiger partial charge is 0.233 e. The Balaban J connectivity index is 0.00000300. The monoisotopic (exact) mass is 519 g/mol. The first-order chi connectivity index (χ1) is 13.6. The molecule has 2 fully saturated rings. The fraction of sp³-hybridized carbons (Fsp3) is 0.750. The normalized spacial score (nSPS) is 27.6. The van der Waals surface area contributed by atoms with Crippen molar-refractivity contribution in [3.63, 3.8) is 0 Å². The van der Waals surface area contributed by atoms with Gasteiger partial charge in [0.2, 0.25) is 11.8 Å². The molecule has 2 N–H and O–H groups in total. The van der Waals surface area contributed by atoms with E-state index in [-0.39, 0.29) is 59.5 Å². The highest BCUT2D eigenvalue weighted by atomic mass is 127. The average Bonchev–Trinajstić information content (AvgIpc) is 3.35. The van der Waals surface area contributed by atoms with Crippen molar-refractivity contribution < 1.29 is 14.3 Å². The summed E-state index contributed by atoms with van der Waals surface area (Å²) in [6, 6.07) is 0. The number of carbonyl (C=O) groups is 2. The van der Waals surface area contributed by atoms with Crippen molar-refractivity contribution in [2.24, 2.45) is 28.7 Å². The van der Waals surface area contributed by atoms with Crippen molar-refractivity contribution in [3.05, 3.63) is 12.2 Å². The molecule has 0 aromatic carbocycles. The molecule has 0 aromatic rings. The first-order valence-corrected chi connectivity index (χ1v) is 10.3. The molecule has 0 radical (unpaired) electrons. The molecule has 1 saturated heterocycles. The number of nitrogens with one attached hydrogen (secondary N) is 2. The molecular weight excluding hydrogens is 485 g/mol. The van der Waals surface area contributed by atoms with Gasteiger partial charge in [-0.2, -0.15) is 0 Å². The van der Waals surface area contributed by atoms with Crippen LogP contribution >= 0.6 is 24.0 Å². The Hall–Kier alpha value is -1.20. The van der Waals surface area contributed by atoms with Crippen molar-refractivity contribution in [1.82, 2.24) is 20.4 Å². The highest BCUT2D eigenvalue weighted by Gasteiger charge is 2.58. The average molecular weight is 519 g/mol. The molecule has 1 heterocycles. The van der Waals surface area contributed by atoms with E-state index >= 15 is 0 Å². The first kappa shape index (κ1) is 24.1. The minimum absolute atomic E-state index is 0. The van der Waals surface area contributed by atoms with Gasteiger partial charge in [0.1, 0.15) is 0 Å². The predicted molar refractivity (Wildman–Crippen MR) is 123 cm³/mol. The number of likely N-dealkylation sites (tertiary alicyclic amines) is 1. The van der Waals surface area contributed by atoms with Crippen LogP contribution in [0.3, 0.4) is 0 Å². The van der Waals surface area contributed by atoms with Crippen molar-refractivity contribution in [2.45, 2.75) is 13.3 Å². The standard InChI is InChI=1S/C20H33N5O3.HI/c1-4-21-20(22-7-9-24(2)11-12-28-3)23-8-10-25-18(26)16-14-5-6-15(13-14)17(16)19(25)27;/h5-6,14-17H,4,7-13H2,1-3H3,(H2,21,22,23);1H. The number of halogens is 1. The minimum atomic E-state index is -0.118. The maximum atomic E-state index is 12.7. The first-order valence-electron chi connectivity index (χ1n) is 10.3. The number of amides is 2. The van der Waals surface area contributed by atoms with Crippen molar-refractivity contribution in [1.29, 1.82) is 0 Å². The molecule has 2 amide bonds. The number of nitrogens with zero attached hydrogens (tertiary/aromatic N) is 3. The summed E-state index contributed by atoms with van der Waals surface area (Å²) in [5.74, 6) is 1.02. The lowest BCUT2D eigenvalue weighted by Gasteiger charge is -2.19. The molecule has 3 aliphatic rings. The Labute approximate surface area is 190 Å². The van der Waals surface area contributed by atoms with Gasteiger partial charge >= 0.3 is 0 Å². The van der Waals surface area contributed by atoms with Crippen molar-refractivity contribution >= 4 is 41.8 Å². The number of allylic oxidation sites excluding steroid dienone is 2. The third kappa shape index (κ3) is 5.49. The predicted octanol–water partition coefficient (Wildman–Crippen LogP) is 0.545. The maximum absolute atomic E-state index is 12.7. The SMILES string of the molecule is CCNC(=NCCN(C)CCOC)NCCN1C(=O)C2C3C=CC(C3)C2C1=O.I. The summed E-state index contributed by atoms with van der Waals surface area (Å²) in [4.78, 5) is 33.6. The van der Waals surface area contributed by atoms with E-state index in [9.17, 15) is 9.59 Å². The van der Waals surface area contributed by atoms with Crippen LogP contribution < -0.4 is 10.6 Å². The number of imide groups is 1. The number of hydrogen-bond acceptors (Lipinski definition) is 5. The number of fused-ring (bicyclic) bond motifs is 5. The van der Waals surface area contributed by atoms with Gasteiger partial charge in [0.25, 0.3) is 0 Å². The molecule has 0 aromatic heterocycles. The van der Waals surface area contributed by atoms with E-state index in [4.69, 9.17) is 4.74 Å². The van der Waals surface area contributed by atoms with E-state index in [0.717, 1.165) is 26.1 Å². The molecule has 0 spiro atoms. The van der Waals surface area contributed by atoms with Gasteiger partial charge < -0.3 is 20.3 Å². The summed E-state index contributed by atoms with van der Waals surface area (Å²) in [6.45, 7) is 6.74. The number of aliphatic imine (C=N–C) groups is 1. The van der Waals surface area contributed by atoms with E-state index in [1.807, 2.05) is 14.0 Å². The Morgan fingerprint density at radius 3 is 2.45 bits per heavy atom. The van der Waals surface area contributed by atoms with Crippen LogP contribution in [-0.4, -0.2) is 87.6 Å². The van der Waals surface area contributed by atoms with Gasteiger partial charge in [0, 0.05) is 39.8 Å². The number of methoxy groups -OCH3 is 1. The third-order valence-corrected chi connectivity index (χ3v) is 5.96.